The van der Waals surface area contributed by atoms with Crippen molar-refractivity contribution < 1.29 is 53.1 Å². The van der Waals surface area contributed by atoms with Gasteiger partial charge in [-0.05, 0) is 61.6 Å². The smallest absolute Gasteiger partial charge is 0.478 e. The van der Waals surface area contributed by atoms with Crippen LogP contribution in [0.3, 0.4) is 0 Å². The Morgan fingerprint density at radius 1 is 0.609 bits per heavy atom. The van der Waals surface area contributed by atoms with Crippen LogP contribution in [0.5, 0.6) is 5.75 Å². The third-order valence-corrected chi connectivity index (χ3v) is 9.13. The molecule has 4 aromatic carbocycles. The highest BCUT2D eigenvalue weighted by atomic mass is 31.3. The summed E-state index contributed by atoms with van der Waals surface area (Å²) in [6, 6.07) is 28.3. The number of phosphoric acid groups is 2. The summed E-state index contributed by atoms with van der Waals surface area (Å²) in [5, 5.41) is 31.5. The molecule has 0 aliphatic carbocycles. The van der Waals surface area contributed by atoms with Gasteiger partial charge in [-0.1, -0.05) is 90.0 Å². The number of aryl methyl sites for hydroxylation is 4. The summed E-state index contributed by atoms with van der Waals surface area (Å²) >= 11 is 0. The van der Waals surface area contributed by atoms with Crippen LogP contribution in [0.4, 0.5) is 0 Å². The summed E-state index contributed by atoms with van der Waals surface area (Å²) in [6.07, 6.45) is -0.823. The summed E-state index contributed by atoms with van der Waals surface area (Å²) in [5.41, 5.74) is 8.01. The van der Waals surface area contributed by atoms with E-state index in [1.54, 1.807) is 0 Å². The molecule has 0 saturated carbocycles. The van der Waals surface area contributed by atoms with E-state index in [0.717, 1.165) is 38.9 Å². The van der Waals surface area contributed by atoms with Crippen LogP contribution in [0, 0.1) is 33.1 Å². The summed E-state index contributed by atoms with van der Waals surface area (Å²) in [4.78, 5) is 31.0. The van der Waals surface area contributed by atoms with Gasteiger partial charge in [0.25, 0.3) is 0 Å². The van der Waals surface area contributed by atoms with E-state index in [-0.39, 0.29) is 0 Å². The first-order valence-electron chi connectivity index (χ1n) is 14.2. The number of aliphatic hydroxyl groups is 3. The fourth-order valence-corrected chi connectivity index (χ4v) is 6.29. The van der Waals surface area contributed by atoms with E-state index in [0.29, 0.717) is 5.75 Å². The molecule has 0 saturated heterocycles. The zero-order chi connectivity index (χ0) is 34.3. The second-order valence-corrected chi connectivity index (χ2v) is 13.7. The van der Waals surface area contributed by atoms with Gasteiger partial charge in [0.15, 0.2) is 0 Å². The van der Waals surface area contributed by atoms with Gasteiger partial charge in [0.05, 0.1) is 25.2 Å². The lowest BCUT2D eigenvalue weighted by molar-refractivity contribution is -0.0738. The van der Waals surface area contributed by atoms with Crippen molar-refractivity contribution in [3.8, 4) is 28.0 Å². The van der Waals surface area contributed by atoms with Gasteiger partial charge >= 0.3 is 15.6 Å². The van der Waals surface area contributed by atoms with Gasteiger partial charge in [-0.25, -0.2) is 9.13 Å². The maximum atomic E-state index is 10.5. The number of rotatable bonds is 11. The largest absolute Gasteiger partial charge is 0.484 e. The van der Waals surface area contributed by atoms with E-state index < -0.39 is 47.0 Å². The maximum absolute atomic E-state index is 10.5. The van der Waals surface area contributed by atoms with Crippen molar-refractivity contribution in [2.75, 3.05) is 19.8 Å². The van der Waals surface area contributed by atoms with E-state index in [9.17, 15) is 24.4 Å². The third-order valence-electron chi connectivity index (χ3n) is 7.43. The third kappa shape index (κ3) is 9.67. The Balaban J connectivity index is 0.000000559. The molecule has 0 bridgehead atoms. The molecule has 7 N–H and O–H groups in total. The number of hydrogen-bond donors (Lipinski definition) is 7. The molecule has 0 heterocycles. The second-order valence-electron chi connectivity index (χ2n) is 11.1. The molecule has 46 heavy (non-hydrogen) atoms. The normalized spacial score (nSPS) is 12.7. The first kappa shape index (κ1) is 37.3. The lowest BCUT2D eigenvalue weighted by Crippen LogP contribution is -2.43. The Morgan fingerprint density at radius 3 is 1.48 bits per heavy atom. The van der Waals surface area contributed by atoms with E-state index in [4.69, 9.17) is 24.3 Å². The molecule has 0 aromatic heterocycles. The Bertz CT molecular complexity index is 1700. The van der Waals surface area contributed by atoms with Crippen LogP contribution in [0.2, 0.25) is 0 Å². The van der Waals surface area contributed by atoms with Crippen molar-refractivity contribution >= 4 is 15.6 Å². The molecule has 1 unspecified atom stereocenters. The molecule has 0 spiro atoms. The number of para-hydroxylation sites is 1. The average molecular weight is 675 g/mol. The van der Waals surface area contributed by atoms with Crippen LogP contribution in [-0.2, 0) is 13.4 Å². The highest BCUT2D eigenvalue weighted by Crippen LogP contribution is 2.54. The lowest BCUT2D eigenvalue weighted by atomic mass is 9.78. The number of hydrogen-bond acceptors (Lipinski definition) is 7. The molecule has 0 amide bonds. The lowest BCUT2D eigenvalue weighted by Gasteiger charge is -2.38. The van der Waals surface area contributed by atoms with E-state index in [1.165, 1.54) is 11.1 Å². The van der Waals surface area contributed by atoms with E-state index >= 15 is 0 Å². The molecule has 0 aliphatic rings. The molecular formula is C33H40O11P2. The van der Waals surface area contributed by atoms with Crippen molar-refractivity contribution in [3.05, 3.63) is 113 Å². The number of aliphatic hydroxyl groups excluding tert-OH is 3. The van der Waals surface area contributed by atoms with Gasteiger partial charge in [-0.15, -0.1) is 0 Å². The maximum Gasteiger partial charge on any atom is 0.478 e. The predicted molar refractivity (Wildman–Crippen MR) is 175 cm³/mol. The highest BCUT2D eigenvalue weighted by Gasteiger charge is 2.42. The monoisotopic (exact) mass is 674 g/mol. The Labute approximate surface area is 268 Å². The minimum Gasteiger partial charge on any atom is -0.484 e. The number of ether oxygens (including phenoxy) is 1. The standard InChI is InChI=1S/C33H36O4.H4O7P2/c1-22-13-15-26(24(3)17-22)28-9-5-6-11-30(28)32(33(19-34,20-35)21-36)37-31-12-8-7-10-29(31)27-16-14-23(2)18-25(27)4;1-8(2,3)7-9(4,5)6/h5-18,32,34-36H,19-21H2,1-4H3;(H2,1,2,3)(H2,4,5,6). The Kier molecular flexibility index (Phi) is 12.6. The van der Waals surface area contributed by atoms with Gasteiger partial charge in [-0.3, -0.25) is 0 Å². The van der Waals surface area contributed by atoms with Crippen LogP contribution in [-0.4, -0.2) is 54.7 Å². The van der Waals surface area contributed by atoms with Gasteiger partial charge in [0, 0.05) is 11.1 Å². The second kappa shape index (κ2) is 15.6. The highest BCUT2D eigenvalue weighted by molar-refractivity contribution is 7.60. The molecule has 4 rings (SSSR count). The molecule has 0 fully saturated rings. The molecule has 248 valence electrons. The summed E-state index contributed by atoms with van der Waals surface area (Å²) in [5.74, 6) is 0.620. The van der Waals surface area contributed by atoms with Crippen LogP contribution >= 0.6 is 15.6 Å². The van der Waals surface area contributed by atoms with E-state index in [1.807, 2.05) is 48.5 Å². The topological polar surface area (TPSA) is 194 Å². The zero-order valence-corrected chi connectivity index (χ0v) is 27.7. The molecular weight excluding hydrogens is 634 g/mol. The molecule has 1 atom stereocenters. The molecule has 0 aliphatic heterocycles. The molecule has 0 radical (unpaired) electrons. The summed E-state index contributed by atoms with van der Waals surface area (Å²) < 4.78 is 29.0. The molecule has 4 aromatic rings. The van der Waals surface area contributed by atoms with Crippen LogP contribution in [0.25, 0.3) is 22.3 Å². The summed E-state index contributed by atoms with van der Waals surface area (Å²) in [7, 11) is -10.1. The minimum atomic E-state index is -5.05. The Morgan fingerprint density at radius 2 is 1.04 bits per heavy atom. The van der Waals surface area contributed by atoms with Crippen LogP contribution in [0.15, 0.2) is 84.9 Å². The molecule has 13 heteroatoms. The van der Waals surface area contributed by atoms with Crippen molar-refractivity contribution in [2.24, 2.45) is 5.41 Å². The average Bonchev–Trinajstić information content (AvgIpc) is 2.97. The van der Waals surface area contributed by atoms with Crippen LogP contribution < -0.4 is 4.74 Å². The van der Waals surface area contributed by atoms with Gasteiger partial charge < -0.3 is 39.6 Å². The predicted octanol–water partition coefficient (Wildman–Crippen LogP) is 5.53. The Hall–Kier alpha value is -3.18. The van der Waals surface area contributed by atoms with Crippen molar-refractivity contribution in [1.29, 1.82) is 0 Å². The van der Waals surface area contributed by atoms with Crippen LogP contribution in [0.1, 0.15) is 33.9 Å². The minimum absolute atomic E-state index is 0.447. The fourth-order valence-electron chi connectivity index (χ4n) is 5.18. The zero-order valence-electron chi connectivity index (χ0n) is 25.9. The van der Waals surface area contributed by atoms with Gasteiger partial charge in [0.2, 0.25) is 0 Å². The number of benzene rings is 4. The quantitative estimate of drug-likeness (QED) is 0.0990. The van der Waals surface area contributed by atoms with Crippen molar-refractivity contribution in [2.45, 2.75) is 33.8 Å². The SMILES string of the molecule is Cc1ccc(-c2ccccc2OC(c2ccccc2-c2ccc(C)cc2C)C(CO)(CO)CO)c(C)c1.O=P(O)(O)OP(=O)(O)O. The first-order chi connectivity index (χ1) is 21.5. The van der Waals surface area contributed by atoms with Crippen molar-refractivity contribution in [3.63, 3.8) is 0 Å². The fraction of sp³-hybridized carbons (Fsp3) is 0.273. The van der Waals surface area contributed by atoms with Gasteiger partial charge in [-0.2, -0.15) is 4.31 Å². The van der Waals surface area contributed by atoms with E-state index in [2.05, 4.69) is 68.4 Å². The first-order valence-corrected chi connectivity index (χ1v) is 17.2. The van der Waals surface area contributed by atoms with Gasteiger partial charge in [0.1, 0.15) is 11.9 Å². The molecule has 11 nitrogen and oxygen atoms in total. The summed E-state index contributed by atoms with van der Waals surface area (Å²) in [6.45, 7) is 6.93. The van der Waals surface area contributed by atoms with Crippen molar-refractivity contribution in [1.82, 2.24) is 0 Å².